The number of halogens is 1. The third-order valence-corrected chi connectivity index (χ3v) is 5.52. The van der Waals surface area contributed by atoms with Gasteiger partial charge in [-0.2, -0.15) is 0 Å². The molecule has 1 heterocycles. The van der Waals surface area contributed by atoms with Gasteiger partial charge in [-0.25, -0.2) is 14.2 Å². The minimum Gasteiger partial charge on any atom is -0.504 e. The van der Waals surface area contributed by atoms with Crippen LogP contribution in [0.25, 0.3) is 0 Å². The summed E-state index contributed by atoms with van der Waals surface area (Å²) in [7, 11) is 0. The molecule has 8 nitrogen and oxygen atoms in total. The largest absolute Gasteiger partial charge is 0.504 e. The molecular formula is C35H58FN3O5. The van der Waals surface area contributed by atoms with Crippen LogP contribution in [0.2, 0.25) is 0 Å². The molecule has 0 fully saturated rings. The van der Waals surface area contributed by atoms with Crippen LogP contribution in [0.3, 0.4) is 0 Å². The van der Waals surface area contributed by atoms with E-state index in [1.54, 1.807) is 6.08 Å². The standard InChI is InChI=1S/C18H22FN3O3.C11H18O2.3C2H6/c1-5-16(23)20-8-6-7-14(11(2)3)12(4)22-17-15(18(24)25)9-13(19)10-21-17;1-5-8(4)9(6-2)11(13)10(12)7-3;3*1-2/h5-12H,1H2,2-4H3,(H,20,23)(H,21,22)(H,24,25);7,12-13H,3,5-6H2,1-2,4H3;3*1-2H3/b8-6-,14-7+;9-8+,11-10-;;;. The second-order valence-corrected chi connectivity index (χ2v) is 8.52. The molecule has 0 aromatic carbocycles. The van der Waals surface area contributed by atoms with Gasteiger partial charge in [-0.05, 0) is 68.0 Å². The number of hydrogen-bond acceptors (Lipinski definition) is 6. The minimum atomic E-state index is -1.26. The summed E-state index contributed by atoms with van der Waals surface area (Å²) in [6.45, 7) is 30.5. The second-order valence-electron chi connectivity index (χ2n) is 8.52. The topological polar surface area (TPSA) is 132 Å². The molecule has 0 aliphatic heterocycles. The van der Waals surface area contributed by atoms with Crippen molar-refractivity contribution in [3.05, 3.63) is 95.5 Å². The highest BCUT2D eigenvalue weighted by atomic mass is 19.1. The molecule has 0 radical (unpaired) electrons. The Bertz CT molecular complexity index is 1120. The van der Waals surface area contributed by atoms with Crippen molar-refractivity contribution >= 4 is 17.7 Å². The summed E-state index contributed by atoms with van der Waals surface area (Å²) in [6, 6.07) is 0.671. The lowest BCUT2D eigenvalue weighted by Gasteiger charge is -2.22. The Kier molecular flexibility index (Phi) is 30.8. The third-order valence-electron chi connectivity index (χ3n) is 5.52. The summed E-state index contributed by atoms with van der Waals surface area (Å²) in [5, 5.41) is 33.5. The number of pyridine rings is 1. The van der Waals surface area contributed by atoms with Crippen molar-refractivity contribution in [2.24, 2.45) is 5.92 Å². The van der Waals surface area contributed by atoms with Crippen molar-refractivity contribution < 1.29 is 29.3 Å². The Balaban J connectivity index is -0.000000355. The van der Waals surface area contributed by atoms with E-state index in [2.05, 4.69) is 28.8 Å². The highest BCUT2D eigenvalue weighted by Gasteiger charge is 2.18. The van der Waals surface area contributed by atoms with Crippen molar-refractivity contribution in [2.75, 3.05) is 5.32 Å². The number of nitrogens with one attached hydrogen (secondary N) is 2. The Morgan fingerprint density at radius 3 is 1.93 bits per heavy atom. The number of anilines is 1. The minimum absolute atomic E-state index is 0.0446. The average Bonchev–Trinajstić information content (AvgIpc) is 3.04. The number of aliphatic hydroxyl groups is 2. The van der Waals surface area contributed by atoms with Crippen LogP contribution < -0.4 is 10.6 Å². The van der Waals surface area contributed by atoms with Gasteiger partial charge in [0.15, 0.2) is 11.5 Å². The van der Waals surface area contributed by atoms with Gasteiger partial charge in [0.2, 0.25) is 5.91 Å². The third kappa shape index (κ3) is 19.1. The molecule has 5 N–H and O–H groups in total. The van der Waals surface area contributed by atoms with Crippen molar-refractivity contribution in [1.82, 2.24) is 10.3 Å². The predicted octanol–water partition coefficient (Wildman–Crippen LogP) is 9.83. The molecule has 1 atom stereocenters. The SMILES string of the molecule is C=C/C(O)=C(O)\C(CC)=C(/C)CC.C=CC(=O)N/C=C\C=C(/C(C)C)C(C)Nc1ncc(F)cc1C(=O)O.CC.CC.CC. The number of carbonyl (C=O) groups excluding carboxylic acids is 1. The molecule has 44 heavy (non-hydrogen) atoms. The summed E-state index contributed by atoms with van der Waals surface area (Å²) in [4.78, 5) is 26.2. The quantitative estimate of drug-likeness (QED) is 0.0893. The van der Waals surface area contributed by atoms with Gasteiger partial charge in [0.05, 0.1) is 6.20 Å². The van der Waals surface area contributed by atoms with Gasteiger partial charge in [-0.15, -0.1) is 0 Å². The lowest BCUT2D eigenvalue weighted by atomic mass is 9.96. The van der Waals surface area contributed by atoms with Gasteiger partial charge in [0, 0.05) is 12.2 Å². The number of amides is 1. The number of carboxylic acids is 1. The fourth-order valence-corrected chi connectivity index (χ4v) is 3.33. The molecule has 1 amide bonds. The maximum Gasteiger partial charge on any atom is 0.339 e. The number of rotatable bonds is 12. The van der Waals surface area contributed by atoms with E-state index in [1.807, 2.05) is 89.2 Å². The zero-order valence-electron chi connectivity index (χ0n) is 29.0. The molecule has 250 valence electrons. The first kappa shape index (κ1) is 46.8. The number of carboxylic acid groups (broad SMARTS) is 1. The van der Waals surface area contributed by atoms with Crippen molar-refractivity contribution in [2.45, 2.75) is 102 Å². The maximum absolute atomic E-state index is 13.2. The molecule has 1 rings (SSSR count). The lowest BCUT2D eigenvalue weighted by Crippen LogP contribution is -2.23. The van der Waals surface area contributed by atoms with Gasteiger partial charge >= 0.3 is 5.97 Å². The Labute approximate surface area is 265 Å². The van der Waals surface area contributed by atoms with E-state index < -0.39 is 11.8 Å². The van der Waals surface area contributed by atoms with Crippen LogP contribution in [0.4, 0.5) is 10.2 Å². The van der Waals surface area contributed by atoms with Crippen LogP contribution in [0.1, 0.15) is 106 Å². The number of carbonyl (C=O) groups is 2. The molecule has 1 unspecified atom stereocenters. The molecule has 1 aromatic rings. The number of aromatic carboxylic acids is 1. The number of allylic oxidation sites excluding steroid dienone is 5. The van der Waals surface area contributed by atoms with E-state index in [1.165, 1.54) is 12.3 Å². The highest BCUT2D eigenvalue weighted by molar-refractivity contribution is 5.93. The smallest absolute Gasteiger partial charge is 0.339 e. The Morgan fingerprint density at radius 2 is 1.52 bits per heavy atom. The number of nitrogens with zero attached hydrogens (tertiary/aromatic N) is 1. The highest BCUT2D eigenvalue weighted by Crippen LogP contribution is 2.22. The first-order valence-electron chi connectivity index (χ1n) is 15.2. The van der Waals surface area contributed by atoms with E-state index in [4.69, 9.17) is 0 Å². The molecule has 0 aliphatic carbocycles. The molecule has 1 aromatic heterocycles. The van der Waals surface area contributed by atoms with Crippen molar-refractivity contribution in [1.29, 1.82) is 0 Å². The molecule has 0 aliphatic rings. The summed E-state index contributed by atoms with van der Waals surface area (Å²) in [6.07, 6.45) is 9.92. The molecule has 0 saturated heterocycles. The van der Waals surface area contributed by atoms with Crippen LogP contribution in [0.5, 0.6) is 0 Å². The van der Waals surface area contributed by atoms with Gasteiger partial charge in [-0.3, -0.25) is 4.79 Å². The summed E-state index contributed by atoms with van der Waals surface area (Å²) in [5.41, 5.74) is 2.61. The fourth-order valence-electron chi connectivity index (χ4n) is 3.33. The van der Waals surface area contributed by atoms with Crippen LogP contribution in [0, 0.1) is 11.7 Å². The Morgan fingerprint density at radius 1 is 0.977 bits per heavy atom. The zero-order valence-corrected chi connectivity index (χ0v) is 29.0. The fraction of sp³-hybridized carbons (Fsp3) is 0.457. The van der Waals surface area contributed by atoms with Crippen molar-refractivity contribution in [3.8, 4) is 0 Å². The first-order chi connectivity index (χ1) is 20.8. The van der Waals surface area contributed by atoms with Crippen molar-refractivity contribution in [3.63, 3.8) is 0 Å². The predicted molar refractivity (Wildman–Crippen MR) is 184 cm³/mol. The normalized spacial score (nSPS) is 12.1. The van der Waals surface area contributed by atoms with E-state index in [0.717, 1.165) is 41.5 Å². The number of aromatic nitrogens is 1. The average molecular weight is 620 g/mol. The lowest BCUT2D eigenvalue weighted by molar-refractivity contribution is -0.115. The monoisotopic (exact) mass is 619 g/mol. The van der Waals surface area contributed by atoms with E-state index >= 15 is 0 Å². The van der Waals surface area contributed by atoms with Crippen LogP contribution in [0.15, 0.2) is 84.2 Å². The van der Waals surface area contributed by atoms with Crippen LogP contribution in [-0.4, -0.2) is 38.2 Å². The van der Waals surface area contributed by atoms with Gasteiger partial charge < -0.3 is 26.0 Å². The first-order valence-corrected chi connectivity index (χ1v) is 15.2. The van der Waals surface area contributed by atoms with Crippen LogP contribution in [-0.2, 0) is 4.79 Å². The van der Waals surface area contributed by atoms with Gasteiger partial charge in [0.1, 0.15) is 17.2 Å². The molecule has 9 heteroatoms. The molecule has 0 saturated carbocycles. The Hall–Kier alpha value is -4.14. The summed E-state index contributed by atoms with van der Waals surface area (Å²) < 4.78 is 13.2. The summed E-state index contributed by atoms with van der Waals surface area (Å²) in [5.74, 6) is -2.24. The summed E-state index contributed by atoms with van der Waals surface area (Å²) >= 11 is 0. The molecule has 0 spiro atoms. The maximum atomic E-state index is 13.2. The second kappa shape index (κ2) is 29.0. The van der Waals surface area contributed by atoms with E-state index in [-0.39, 0.29) is 40.8 Å². The number of hydrogen-bond donors (Lipinski definition) is 5. The van der Waals surface area contributed by atoms with Gasteiger partial charge in [-0.1, -0.05) is 94.0 Å². The number of aliphatic hydroxyl groups excluding tert-OH is 2. The molecular weight excluding hydrogens is 561 g/mol. The zero-order chi connectivity index (χ0) is 35.4. The molecule has 0 bridgehead atoms. The van der Waals surface area contributed by atoms with E-state index in [0.29, 0.717) is 6.42 Å². The van der Waals surface area contributed by atoms with Crippen LogP contribution >= 0.6 is 0 Å². The van der Waals surface area contributed by atoms with E-state index in [9.17, 15) is 29.3 Å². The van der Waals surface area contributed by atoms with Gasteiger partial charge in [0.25, 0.3) is 0 Å².